The number of ether oxygens (including phenoxy) is 1. The van der Waals surface area contributed by atoms with E-state index < -0.39 is 6.09 Å². The number of aromatic hydroxyl groups is 1. The predicted molar refractivity (Wildman–Crippen MR) is 73.4 cm³/mol. The van der Waals surface area contributed by atoms with Gasteiger partial charge in [-0.25, -0.2) is 10.2 Å². The van der Waals surface area contributed by atoms with Crippen LogP contribution in [0.1, 0.15) is 12.5 Å². The molecule has 2 aromatic carbocycles. The summed E-state index contributed by atoms with van der Waals surface area (Å²) in [6.45, 7) is 1.99. The van der Waals surface area contributed by atoms with Crippen molar-refractivity contribution in [3.05, 3.63) is 42.0 Å². The molecule has 5 heteroatoms. The molecule has 2 rings (SSSR count). The van der Waals surface area contributed by atoms with Crippen LogP contribution in [-0.4, -0.2) is 24.0 Å². The Bertz CT molecular complexity index is 623. The molecule has 0 aromatic heterocycles. The van der Waals surface area contributed by atoms with Crippen molar-refractivity contribution < 1.29 is 14.6 Å². The second-order valence-electron chi connectivity index (χ2n) is 3.82. The average molecular weight is 258 g/mol. The number of carbonyl (C=O) groups excluding carboxylic acids is 1. The number of nitrogens with zero attached hydrogens (tertiary/aromatic N) is 1. The van der Waals surface area contributed by atoms with Crippen molar-refractivity contribution >= 4 is 23.1 Å². The van der Waals surface area contributed by atoms with Gasteiger partial charge in [0.2, 0.25) is 0 Å². The van der Waals surface area contributed by atoms with E-state index in [1.165, 1.54) is 6.21 Å². The van der Waals surface area contributed by atoms with E-state index >= 15 is 0 Å². The smallest absolute Gasteiger partial charge is 0.427 e. The van der Waals surface area contributed by atoms with Crippen LogP contribution in [0.25, 0.3) is 10.8 Å². The Balaban J connectivity index is 2.19. The quantitative estimate of drug-likeness (QED) is 0.656. The largest absolute Gasteiger partial charge is 0.507 e. The van der Waals surface area contributed by atoms with Gasteiger partial charge in [0.15, 0.2) is 0 Å². The molecule has 0 heterocycles. The molecule has 1 amide bonds. The average Bonchev–Trinajstić information content (AvgIpc) is 2.42. The van der Waals surface area contributed by atoms with E-state index in [1.54, 1.807) is 13.0 Å². The van der Waals surface area contributed by atoms with Gasteiger partial charge in [-0.2, -0.15) is 5.10 Å². The van der Waals surface area contributed by atoms with Gasteiger partial charge in [-0.3, -0.25) is 0 Å². The maximum absolute atomic E-state index is 11.0. The van der Waals surface area contributed by atoms with Crippen LogP contribution in [0.4, 0.5) is 4.79 Å². The van der Waals surface area contributed by atoms with Crippen molar-refractivity contribution in [3.63, 3.8) is 0 Å². The lowest BCUT2D eigenvalue weighted by molar-refractivity contribution is 0.152. The van der Waals surface area contributed by atoms with Gasteiger partial charge in [0.05, 0.1) is 12.8 Å². The number of hydrogen-bond acceptors (Lipinski definition) is 4. The van der Waals surface area contributed by atoms with Gasteiger partial charge in [-0.1, -0.05) is 30.3 Å². The molecule has 0 aliphatic carbocycles. The topological polar surface area (TPSA) is 70.9 Å². The van der Waals surface area contributed by atoms with Crippen LogP contribution in [-0.2, 0) is 4.74 Å². The zero-order valence-corrected chi connectivity index (χ0v) is 10.5. The van der Waals surface area contributed by atoms with Crippen molar-refractivity contribution in [2.24, 2.45) is 5.10 Å². The molecule has 0 aliphatic rings. The predicted octanol–water partition coefficient (Wildman–Crippen LogP) is 2.63. The first-order valence-electron chi connectivity index (χ1n) is 5.89. The van der Waals surface area contributed by atoms with Crippen LogP contribution in [0.2, 0.25) is 0 Å². The number of hydrogen-bond donors (Lipinski definition) is 2. The van der Waals surface area contributed by atoms with Gasteiger partial charge in [-0.15, -0.1) is 0 Å². The van der Waals surface area contributed by atoms with Crippen molar-refractivity contribution in [2.75, 3.05) is 6.61 Å². The SMILES string of the molecule is CCOC(=O)NN=Cc1ccc2ccccc2c1O. The zero-order valence-electron chi connectivity index (χ0n) is 10.5. The fourth-order valence-electron chi connectivity index (χ4n) is 1.69. The summed E-state index contributed by atoms with van der Waals surface area (Å²) in [5, 5.41) is 15.5. The molecule has 2 aromatic rings. The van der Waals surface area contributed by atoms with Crippen molar-refractivity contribution in [2.45, 2.75) is 6.92 Å². The summed E-state index contributed by atoms with van der Waals surface area (Å²) in [7, 11) is 0. The molecule has 5 nitrogen and oxygen atoms in total. The Kier molecular flexibility index (Phi) is 3.97. The molecule has 2 N–H and O–H groups in total. The second-order valence-corrected chi connectivity index (χ2v) is 3.82. The van der Waals surface area contributed by atoms with E-state index in [0.717, 1.165) is 10.8 Å². The monoisotopic (exact) mass is 258 g/mol. The number of nitrogens with one attached hydrogen (secondary N) is 1. The summed E-state index contributed by atoms with van der Waals surface area (Å²) >= 11 is 0. The summed E-state index contributed by atoms with van der Waals surface area (Å²) in [6.07, 6.45) is 0.748. The molecule has 0 bridgehead atoms. The van der Waals surface area contributed by atoms with E-state index in [9.17, 15) is 9.90 Å². The third-order valence-corrected chi connectivity index (χ3v) is 2.57. The van der Waals surface area contributed by atoms with Crippen LogP contribution in [0.15, 0.2) is 41.5 Å². The first kappa shape index (κ1) is 12.9. The number of amides is 1. The molecule has 0 aliphatic heterocycles. The number of phenolic OH excluding ortho intramolecular Hbond substituents is 1. The standard InChI is InChI=1S/C14H14N2O3/c1-2-19-14(18)16-15-9-11-8-7-10-5-3-4-6-12(10)13(11)17/h3-9,17H,2H2,1H3,(H,16,18). The molecule has 19 heavy (non-hydrogen) atoms. The Labute approximate surface area is 110 Å². The number of hydrazone groups is 1. The summed E-state index contributed by atoms with van der Waals surface area (Å²) in [5.74, 6) is 0.132. The molecule has 0 unspecified atom stereocenters. The van der Waals surface area contributed by atoms with Crippen LogP contribution in [0.5, 0.6) is 5.75 Å². The molecule has 0 fully saturated rings. The van der Waals surface area contributed by atoms with E-state index in [4.69, 9.17) is 0 Å². The third-order valence-electron chi connectivity index (χ3n) is 2.57. The van der Waals surface area contributed by atoms with Gasteiger partial charge in [0.1, 0.15) is 5.75 Å². The molecular formula is C14H14N2O3. The molecule has 0 spiro atoms. The fourth-order valence-corrected chi connectivity index (χ4v) is 1.69. The number of fused-ring (bicyclic) bond motifs is 1. The van der Waals surface area contributed by atoms with Crippen LogP contribution in [0, 0.1) is 0 Å². The second kappa shape index (κ2) is 5.86. The van der Waals surface area contributed by atoms with Crippen molar-refractivity contribution in [1.82, 2.24) is 5.43 Å². The summed E-state index contributed by atoms with van der Waals surface area (Å²) in [6, 6.07) is 11.1. The highest BCUT2D eigenvalue weighted by molar-refractivity contribution is 5.97. The van der Waals surface area contributed by atoms with Gasteiger partial charge >= 0.3 is 6.09 Å². The van der Waals surface area contributed by atoms with Gasteiger partial charge < -0.3 is 9.84 Å². The lowest BCUT2D eigenvalue weighted by atomic mass is 10.1. The van der Waals surface area contributed by atoms with Gasteiger partial charge in [0, 0.05) is 10.9 Å². The highest BCUT2D eigenvalue weighted by atomic mass is 16.5. The molecule has 0 saturated carbocycles. The van der Waals surface area contributed by atoms with Crippen LogP contribution < -0.4 is 5.43 Å². The van der Waals surface area contributed by atoms with E-state index in [0.29, 0.717) is 5.56 Å². The van der Waals surface area contributed by atoms with Gasteiger partial charge in [0.25, 0.3) is 0 Å². The minimum Gasteiger partial charge on any atom is -0.507 e. The minimum absolute atomic E-state index is 0.132. The van der Waals surface area contributed by atoms with Gasteiger partial charge in [-0.05, 0) is 18.4 Å². The van der Waals surface area contributed by atoms with E-state index in [1.807, 2.05) is 30.3 Å². The third kappa shape index (κ3) is 3.01. The number of carbonyl (C=O) groups is 1. The van der Waals surface area contributed by atoms with E-state index in [-0.39, 0.29) is 12.4 Å². The van der Waals surface area contributed by atoms with Crippen molar-refractivity contribution in [3.8, 4) is 5.75 Å². The molecule has 0 atom stereocenters. The first-order chi connectivity index (χ1) is 9.22. The Morgan fingerprint density at radius 3 is 2.95 bits per heavy atom. The normalized spacial score (nSPS) is 10.8. The summed E-state index contributed by atoms with van der Waals surface area (Å²) < 4.78 is 4.65. The lowest BCUT2D eigenvalue weighted by Gasteiger charge is -2.04. The van der Waals surface area contributed by atoms with Crippen LogP contribution in [0.3, 0.4) is 0 Å². The Morgan fingerprint density at radius 2 is 2.16 bits per heavy atom. The Morgan fingerprint density at radius 1 is 1.37 bits per heavy atom. The number of rotatable bonds is 3. The maximum atomic E-state index is 11.0. The highest BCUT2D eigenvalue weighted by Crippen LogP contribution is 2.27. The minimum atomic E-state index is -0.626. The summed E-state index contributed by atoms with van der Waals surface area (Å²) in [4.78, 5) is 11.0. The Hall–Kier alpha value is -2.56. The number of benzene rings is 2. The molecule has 0 radical (unpaired) electrons. The maximum Gasteiger partial charge on any atom is 0.427 e. The van der Waals surface area contributed by atoms with E-state index in [2.05, 4.69) is 15.3 Å². The van der Waals surface area contributed by atoms with Crippen molar-refractivity contribution in [1.29, 1.82) is 0 Å². The van der Waals surface area contributed by atoms with Crippen LogP contribution >= 0.6 is 0 Å². The highest BCUT2D eigenvalue weighted by Gasteiger charge is 2.04. The zero-order chi connectivity index (χ0) is 13.7. The molecular weight excluding hydrogens is 244 g/mol. The first-order valence-corrected chi connectivity index (χ1v) is 5.89. The lowest BCUT2D eigenvalue weighted by Crippen LogP contribution is -2.18. The summed E-state index contributed by atoms with van der Waals surface area (Å²) in [5.41, 5.74) is 2.73. The molecule has 0 saturated heterocycles. The fraction of sp³-hybridized carbons (Fsp3) is 0.143. The number of phenols is 1. The molecule has 98 valence electrons.